The predicted molar refractivity (Wildman–Crippen MR) is 128 cm³/mol. The monoisotopic (exact) mass is 432 g/mol. The number of aryl methyl sites for hydroxylation is 2. The summed E-state index contributed by atoms with van der Waals surface area (Å²) in [5.41, 5.74) is 3.76. The van der Waals surface area contributed by atoms with Crippen molar-refractivity contribution in [2.45, 2.75) is 27.7 Å². The molecule has 3 rings (SSSR count). The van der Waals surface area contributed by atoms with E-state index in [1.807, 2.05) is 44.2 Å². The maximum atomic E-state index is 13.4. The average Bonchev–Trinajstić information content (AvgIpc) is 2.75. The van der Waals surface area contributed by atoms with E-state index in [9.17, 15) is 14.7 Å². The third-order valence-corrected chi connectivity index (χ3v) is 5.41. The highest BCUT2D eigenvalue weighted by Gasteiger charge is 2.17. The number of ether oxygens (including phenoxy) is 1. The van der Waals surface area contributed by atoms with Crippen molar-refractivity contribution in [3.63, 3.8) is 0 Å². The first-order valence-corrected chi connectivity index (χ1v) is 10.5. The summed E-state index contributed by atoms with van der Waals surface area (Å²) in [6, 6.07) is 13.4. The molecular formula is C26H28N2O4. The minimum atomic E-state index is -0.467. The molecule has 6 heteroatoms. The first-order valence-electron chi connectivity index (χ1n) is 10.5. The number of benzene rings is 2. The van der Waals surface area contributed by atoms with Crippen molar-refractivity contribution in [3.05, 3.63) is 79.9 Å². The van der Waals surface area contributed by atoms with Crippen LogP contribution >= 0.6 is 0 Å². The van der Waals surface area contributed by atoms with E-state index in [1.165, 1.54) is 0 Å². The quantitative estimate of drug-likeness (QED) is 0.582. The first kappa shape index (κ1) is 22.9. The second kappa shape index (κ2) is 9.56. The van der Waals surface area contributed by atoms with Gasteiger partial charge in [-0.1, -0.05) is 24.8 Å². The molecule has 32 heavy (non-hydrogen) atoms. The summed E-state index contributed by atoms with van der Waals surface area (Å²) in [5, 5.41) is 11.2. The Morgan fingerprint density at radius 2 is 1.66 bits per heavy atom. The van der Waals surface area contributed by atoms with Gasteiger partial charge in [-0.25, -0.2) is 4.57 Å². The Bertz CT molecular complexity index is 1280. The third-order valence-electron chi connectivity index (χ3n) is 5.41. The van der Waals surface area contributed by atoms with Gasteiger partial charge in [0, 0.05) is 24.0 Å². The largest absolute Gasteiger partial charge is 0.491 e. The van der Waals surface area contributed by atoms with Crippen molar-refractivity contribution in [2.75, 3.05) is 18.0 Å². The van der Waals surface area contributed by atoms with Crippen LogP contribution in [0.3, 0.4) is 0 Å². The van der Waals surface area contributed by atoms with Crippen LogP contribution in [0.2, 0.25) is 0 Å². The van der Waals surface area contributed by atoms with Gasteiger partial charge in [0.25, 0.3) is 12.0 Å². The summed E-state index contributed by atoms with van der Waals surface area (Å²) < 4.78 is 6.17. The maximum Gasteiger partial charge on any atom is 0.298 e. The lowest BCUT2D eigenvalue weighted by molar-refractivity contribution is -0.120. The van der Waals surface area contributed by atoms with Crippen molar-refractivity contribution in [3.8, 4) is 17.3 Å². The number of aromatic nitrogens is 1. The molecule has 0 saturated heterocycles. The molecule has 0 aliphatic carbocycles. The average molecular weight is 433 g/mol. The van der Waals surface area contributed by atoms with Gasteiger partial charge >= 0.3 is 0 Å². The minimum absolute atomic E-state index is 0.146. The molecule has 0 amide bonds. The van der Waals surface area contributed by atoms with Gasteiger partial charge < -0.3 is 14.7 Å². The highest BCUT2D eigenvalue weighted by molar-refractivity contribution is 5.59. The SMILES string of the molecule is C=c1c(OC=O)c(O)n(-c2cc(C)cc(C)c2)c(=O)c1=Cc1ccc(N(CC)CC)cc1. The number of hydrogen-bond donors (Lipinski definition) is 1. The molecule has 0 fully saturated rings. The Labute approximate surface area is 187 Å². The molecule has 0 atom stereocenters. The molecule has 1 heterocycles. The highest BCUT2D eigenvalue weighted by Crippen LogP contribution is 2.23. The van der Waals surface area contributed by atoms with E-state index in [0.717, 1.165) is 40.0 Å². The molecule has 3 aromatic rings. The summed E-state index contributed by atoms with van der Waals surface area (Å²) in [7, 11) is 0. The van der Waals surface area contributed by atoms with Crippen LogP contribution in [0, 0.1) is 13.8 Å². The molecule has 166 valence electrons. The topological polar surface area (TPSA) is 71.8 Å². The normalized spacial score (nSPS) is 11.4. The Kier molecular flexibility index (Phi) is 6.83. The van der Waals surface area contributed by atoms with Crippen LogP contribution in [0.15, 0.2) is 47.3 Å². The van der Waals surface area contributed by atoms with Gasteiger partial charge in [-0.2, -0.15) is 0 Å². The van der Waals surface area contributed by atoms with Crippen LogP contribution in [0.5, 0.6) is 11.6 Å². The van der Waals surface area contributed by atoms with Crippen molar-refractivity contribution in [1.82, 2.24) is 4.57 Å². The van der Waals surface area contributed by atoms with Gasteiger partial charge in [0.1, 0.15) is 0 Å². The summed E-state index contributed by atoms with van der Waals surface area (Å²) in [6.45, 7) is 13.9. The van der Waals surface area contributed by atoms with Gasteiger partial charge in [0.2, 0.25) is 5.88 Å². The van der Waals surface area contributed by atoms with E-state index in [1.54, 1.807) is 18.2 Å². The van der Waals surface area contributed by atoms with E-state index >= 15 is 0 Å². The van der Waals surface area contributed by atoms with Gasteiger partial charge in [-0.05, 0) is 74.7 Å². The fourth-order valence-electron chi connectivity index (χ4n) is 3.88. The number of anilines is 1. The summed E-state index contributed by atoms with van der Waals surface area (Å²) in [4.78, 5) is 26.7. The standard InChI is InChI=1S/C26H28N2O4/c1-6-27(7-2)21-10-8-20(9-11-21)15-23-19(5)24(32-16-29)26(31)28(25(23)30)22-13-17(3)12-18(4)14-22/h8-16,31H,5-7H2,1-4H3. The summed E-state index contributed by atoms with van der Waals surface area (Å²) in [5.74, 6) is -0.615. The van der Waals surface area contributed by atoms with Crippen LogP contribution in [-0.4, -0.2) is 29.2 Å². The number of nitrogens with zero attached hydrogens (tertiary/aromatic N) is 2. The zero-order valence-corrected chi connectivity index (χ0v) is 18.9. The highest BCUT2D eigenvalue weighted by atomic mass is 16.5. The lowest BCUT2D eigenvalue weighted by Crippen LogP contribution is -2.44. The van der Waals surface area contributed by atoms with Crippen LogP contribution in [-0.2, 0) is 4.79 Å². The van der Waals surface area contributed by atoms with Crippen LogP contribution in [0.4, 0.5) is 5.69 Å². The van der Waals surface area contributed by atoms with Crippen molar-refractivity contribution < 1.29 is 14.6 Å². The van der Waals surface area contributed by atoms with Crippen molar-refractivity contribution in [1.29, 1.82) is 0 Å². The van der Waals surface area contributed by atoms with E-state index in [4.69, 9.17) is 4.74 Å². The number of carbonyl (C=O) groups is 1. The Morgan fingerprint density at radius 3 is 2.19 bits per heavy atom. The molecule has 0 radical (unpaired) electrons. The Hall–Kier alpha value is -3.80. The minimum Gasteiger partial charge on any atom is -0.491 e. The van der Waals surface area contributed by atoms with Gasteiger partial charge in [-0.15, -0.1) is 0 Å². The molecule has 6 nitrogen and oxygen atoms in total. The van der Waals surface area contributed by atoms with E-state index in [2.05, 4.69) is 25.3 Å². The fraction of sp³-hybridized carbons (Fsp3) is 0.231. The fourth-order valence-corrected chi connectivity index (χ4v) is 3.88. The summed E-state index contributed by atoms with van der Waals surface area (Å²) >= 11 is 0. The Morgan fingerprint density at radius 1 is 1.06 bits per heavy atom. The molecule has 1 N–H and O–H groups in total. The molecule has 0 spiro atoms. The van der Waals surface area contributed by atoms with E-state index in [0.29, 0.717) is 5.69 Å². The molecule has 0 saturated carbocycles. The second-order valence-corrected chi connectivity index (χ2v) is 7.65. The van der Waals surface area contributed by atoms with Crippen LogP contribution in [0.25, 0.3) is 18.3 Å². The predicted octanol–water partition coefficient (Wildman–Crippen LogP) is 2.78. The second-order valence-electron chi connectivity index (χ2n) is 7.65. The number of hydrogen-bond acceptors (Lipinski definition) is 5. The number of aromatic hydroxyl groups is 1. The molecule has 0 aliphatic rings. The van der Waals surface area contributed by atoms with Crippen LogP contribution < -0.4 is 25.6 Å². The number of rotatable bonds is 7. The zero-order valence-electron chi connectivity index (χ0n) is 18.9. The van der Waals surface area contributed by atoms with Gasteiger partial charge in [0.15, 0.2) is 5.75 Å². The molecular weight excluding hydrogens is 404 g/mol. The van der Waals surface area contributed by atoms with Crippen LogP contribution in [0.1, 0.15) is 30.5 Å². The van der Waals surface area contributed by atoms with Gasteiger partial charge in [0.05, 0.1) is 10.9 Å². The van der Waals surface area contributed by atoms with E-state index in [-0.39, 0.29) is 22.7 Å². The first-order chi connectivity index (χ1) is 15.3. The zero-order chi connectivity index (χ0) is 23.4. The molecule has 0 bridgehead atoms. The third kappa shape index (κ3) is 4.44. The smallest absolute Gasteiger partial charge is 0.298 e. The van der Waals surface area contributed by atoms with Crippen molar-refractivity contribution in [2.24, 2.45) is 0 Å². The molecule has 0 unspecified atom stereocenters. The summed E-state index contributed by atoms with van der Waals surface area (Å²) in [6.07, 6.45) is 1.69. The lowest BCUT2D eigenvalue weighted by atomic mass is 10.1. The van der Waals surface area contributed by atoms with Gasteiger partial charge in [-0.3, -0.25) is 9.59 Å². The van der Waals surface area contributed by atoms with Crippen molar-refractivity contribution >= 4 is 24.8 Å². The maximum absolute atomic E-state index is 13.4. The van der Waals surface area contributed by atoms with E-state index < -0.39 is 11.4 Å². The number of carbonyl (C=O) groups excluding carboxylic acids is 1. The lowest BCUT2D eigenvalue weighted by Gasteiger charge is -2.20. The molecule has 1 aromatic heterocycles. The Balaban J connectivity index is 2.28. The molecule has 2 aromatic carbocycles. The number of pyridine rings is 1. The molecule has 0 aliphatic heterocycles.